The zero-order valence-corrected chi connectivity index (χ0v) is 8.86. The van der Waals surface area contributed by atoms with Gasteiger partial charge in [0, 0.05) is 0 Å². The molecule has 0 saturated carbocycles. The number of nitrogens with zero attached hydrogens (tertiary/aromatic N) is 3. The van der Waals surface area contributed by atoms with Gasteiger partial charge in [-0.05, 0) is 24.4 Å². The van der Waals surface area contributed by atoms with Crippen LogP contribution in [0, 0.1) is 4.77 Å². The minimum Gasteiger partial charge on any atom is -0.333 e. The average molecular weight is 233 g/mol. The molecule has 2 aromatic heterocycles. The van der Waals surface area contributed by atoms with Gasteiger partial charge in [-0.3, -0.25) is 9.20 Å². The van der Waals surface area contributed by atoms with E-state index < -0.39 is 0 Å². The number of aromatic amines is 1. The third-order valence-electron chi connectivity index (χ3n) is 2.46. The van der Waals surface area contributed by atoms with Crippen molar-refractivity contribution in [2.75, 3.05) is 5.84 Å². The van der Waals surface area contributed by atoms with Gasteiger partial charge in [0.2, 0.25) is 4.77 Å². The van der Waals surface area contributed by atoms with Crippen LogP contribution in [-0.2, 0) is 0 Å². The number of nitrogens with one attached hydrogen (secondary N) is 1. The van der Waals surface area contributed by atoms with Crippen molar-refractivity contribution >= 4 is 28.9 Å². The van der Waals surface area contributed by atoms with Gasteiger partial charge in [-0.15, -0.1) is 5.10 Å². The zero-order chi connectivity index (χ0) is 11.3. The number of nitrogen functional groups attached to an aromatic ring is 1. The number of H-pyrrole nitrogens is 1. The van der Waals surface area contributed by atoms with Gasteiger partial charge in [-0.25, -0.2) is 5.10 Å². The van der Waals surface area contributed by atoms with E-state index in [-0.39, 0.29) is 5.56 Å². The van der Waals surface area contributed by atoms with E-state index in [1.54, 1.807) is 22.6 Å². The Balaban J connectivity index is 2.84. The van der Waals surface area contributed by atoms with Gasteiger partial charge in [-0.1, -0.05) is 12.1 Å². The molecule has 0 bridgehead atoms. The third kappa shape index (κ3) is 0.974. The molecule has 0 aliphatic heterocycles. The highest BCUT2D eigenvalue weighted by molar-refractivity contribution is 7.71. The Bertz CT molecular complexity index is 812. The van der Waals surface area contributed by atoms with Crippen molar-refractivity contribution in [1.82, 2.24) is 19.3 Å². The normalized spacial score (nSPS) is 11.2. The lowest BCUT2D eigenvalue weighted by atomic mass is 10.2. The molecular formula is C9H7N5OS. The van der Waals surface area contributed by atoms with Gasteiger partial charge >= 0.3 is 0 Å². The van der Waals surface area contributed by atoms with Crippen molar-refractivity contribution < 1.29 is 0 Å². The summed E-state index contributed by atoms with van der Waals surface area (Å²) < 4.78 is 3.02. The maximum atomic E-state index is 11.9. The Kier molecular flexibility index (Phi) is 1.66. The topological polar surface area (TPSA) is 81.1 Å². The molecule has 2 heterocycles. The lowest BCUT2D eigenvalue weighted by molar-refractivity contribution is 0.924. The lowest BCUT2D eigenvalue weighted by Gasteiger charge is -2.04. The Morgan fingerprint density at radius 1 is 1.38 bits per heavy atom. The smallest absolute Gasteiger partial charge is 0.281 e. The Hall–Kier alpha value is -2.15. The lowest BCUT2D eigenvalue weighted by Crippen LogP contribution is -2.29. The van der Waals surface area contributed by atoms with E-state index >= 15 is 0 Å². The first-order valence-corrected chi connectivity index (χ1v) is 4.97. The van der Waals surface area contributed by atoms with Crippen molar-refractivity contribution in [2.45, 2.75) is 0 Å². The minimum absolute atomic E-state index is 0.294. The van der Waals surface area contributed by atoms with Crippen LogP contribution < -0.4 is 11.4 Å². The first-order chi connectivity index (χ1) is 7.70. The van der Waals surface area contributed by atoms with E-state index in [4.69, 9.17) is 18.1 Å². The predicted molar refractivity (Wildman–Crippen MR) is 62.3 cm³/mol. The molecule has 0 fully saturated rings. The van der Waals surface area contributed by atoms with E-state index in [2.05, 4.69) is 10.2 Å². The second-order valence-corrected chi connectivity index (χ2v) is 3.74. The van der Waals surface area contributed by atoms with Gasteiger partial charge < -0.3 is 5.84 Å². The summed E-state index contributed by atoms with van der Waals surface area (Å²) in [5.74, 6) is 5.95. The molecule has 3 N–H and O–H groups in total. The second-order valence-electron chi connectivity index (χ2n) is 3.36. The second kappa shape index (κ2) is 2.92. The molecule has 6 nitrogen and oxygen atoms in total. The zero-order valence-electron chi connectivity index (χ0n) is 8.04. The van der Waals surface area contributed by atoms with E-state index in [1.165, 1.54) is 0 Å². The fourth-order valence-corrected chi connectivity index (χ4v) is 1.96. The maximum absolute atomic E-state index is 11.9. The van der Waals surface area contributed by atoms with E-state index in [1.807, 2.05) is 6.07 Å². The van der Waals surface area contributed by atoms with E-state index in [9.17, 15) is 4.79 Å². The van der Waals surface area contributed by atoms with Gasteiger partial charge in [-0.2, -0.15) is 4.68 Å². The Labute approximate surface area is 93.9 Å². The number of para-hydroxylation sites is 1. The largest absolute Gasteiger partial charge is 0.333 e. The maximum Gasteiger partial charge on any atom is 0.281 e. The highest BCUT2D eigenvalue weighted by atomic mass is 32.1. The van der Waals surface area contributed by atoms with Crippen LogP contribution in [0.4, 0.5) is 0 Å². The summed E-state index contributed by atoms with van der Waals surface area (Å²) in [7, 11) is 0. The van der Waals surface area contributed by atoms with Crippen LogP contribution in [0.5, 0.6) is 0 Å². The van der Waals surface area contributed by atoms with E-state index in [0.717, 1.165) is 4.68 Å². The molecule has 16 heavy (non-hydrogen) atoms. The molecule has 3 rings (SSSR count). The van der Waals surface area contributed by atoms with Crippen LogP contribution in [0.15, 0.2) is 29.1 Å². The molecule has 0 spiro atoms. The molecular weight excluding hydrogens is 226 g/mol. The Morgan fingerprint density at radius 3 is 2.94 bits per heavy atom. The van der Waals surface area contributed by atoms with E-state index in [0.29, 0.717) is 21.5 Å². The molecule has 0 saturated heterocycles. The monoisotopic (exact) mass is 233 g/mol. The summed E-state index contributed by atoms with van der Waals surface area (Å²) in [6, 6.07) is 7.11. The van der Waals surface area contributed by atoms with Crippen molar-refractivity contribution in [3.63, 3.8) is 0 Å². The van der Waals surface area contributed by atoms with Crippen molar-refractivity contribution in [2.24, 2.45) is 0 Å². The number of fused-ring (bicyclic) bond motifs is 3. The predicted octanol–water partition coefficient (Wildman–Crippen LogP) is 0.421. The van der Waals surface area contributed by atoms with Crippen molar-refractivity contribution in [3.8, 4) is 0 Å². The van der Waals surface area contributed by atoms with Crippen LogP contribution >= 0.6 is 12.2 Å². The molecule has 80 valence electrons. The number of aromatic nitrogens is 4. The van der Waals surface area contributed by atoms with Crippen LogP contribution in [0.1, 0.15) is 0 Å². The number of hydrogen-bond donors (Lipinski definition) is 2. The van der Waals surface area contributed by atoms with Crippen LogP contribution in [0.25, 0.3) is 16.7 Å². The molecule has 1 aromatic carbocycles. The molecule has 0 aliphatic carbocycles. The SMILES string of the molecule is Nn1c(=O)c2ccccc2n2c(=S)[nH]nc12. The number of nitrogens with two attached hydrogens (primary N) is 1. The van der Waals surface area contributed by atoms with Crippen molar-refractivity contribution in [3.05, 3.63) is 39.4 Å². The summed E-state index contributed by atoms with van der Waals surface area (Å²) in [6.07, 6.45) is 0. The molecule has 0 unspecified atom stereocenters. The molecule has 0 amide bonds. The van der Waals surface area contributed by atoms with Crippen molar-refractivity contribution in [1.29, 1.82) is 0 Å². The first-order valence-electron chi connectivity index (χ1n) is 4.56. The highest BCUT2D eigenvalue weighted by Crippen LogP contribution is 2.10. The van der Waals surface area contributed by atoms with Gasteiger partial charge in [0.1, 0.15) is 0 Å². The summed E-state index contributed by atoms with van der Waals surface area (Å²) in [5.41, 5.74) is 0.403. The summed E-state index contributed by atoms with van der Waals surface area (Å²) in [5, 5.41) is 7.03. The number of benzene rings is 1. The average Bonchev–Trinajstić information content (AvgIpc) is 2.69. The summed E-state index contributed by atoms with van der Waals surface area (Å²) in [4.78, 5) is 11.9. The molecule has 7 heteroatoms. The standard InChI is InChI=1S/C9H7N5OS/c10-14-7(15)5-3-1-2-4-6(5)13-8(14)11-12-9(13)16/h1-4H,10H2,(H,12,16). The van der Waals surface area contributed by atoms with Gasteiger partial charge in [0.15, 0.2) is 0 Å². The molecule has 3 aromatic rings. The summed E-state index contributed by atoms with van der Waals surface area (Å²) in [6.45, 7) is 0. The van der Waals surface area contributed by atoms with Crippen LogP contribution in [0.2, 0.25) is 0 Å². The summed E-state index contributed by atoms with van der Waals surface area (Å²) >= 11 is 5.09. The Morgan fingerprint density at radius 2 is 2.12 bits per heavy atom. The van der Waals surface area contributed by atoms with Gasteiger partial charge in [0.05, 0.1) is 10.9 Å². The van der Waals surface area contributed by atoms with Crippen LogP contribution in [0.3, 0.4) is 0 Å². The molecule has 0 aliphatic rings. The number of rotatable bonds is 0. The quantitative estimate of drug-likeness (QED) is 0.435. The van der Waals surface area contributed by atoms with Crippen LogP contribution in [-0.4, -0.2) is 19.3 Å². The molecule has 0 atom stereocenters. The highest BCUT2D eigenvalue weighted by Gasteiger charge is 2.10. The molecule has 0 radical (unpaired) electrons. The first kappa shape index (κ1) is 9.10. The van der Waals surface area contributed by atoms with Gasteiger partial charge in [0.25, 0.3) is 11.3 Å². The fraction of sp³-hybridized carbons (Fsp3) is 0. The fourth-order valence-electron chi connectivity index (χ4n) is 1.74. The minimum atomic E-state index is -0.294. The number of hydrogen-bond acceptors (Lipinski definition) is 4. The third-order valence-corrected chi connectivity index (χ3v) is 2.74.